The third-order valence-electron chi connectivity index (χ3n) is 1.86. The summed E-state index contributed by atoms with van der Waals surface area (Å²) < 4.78 is 0.964. The Labute approximate surface area is 69.0 Å². The summed E-state index contributed by atoms with van der Waals surface area (Å²) in [6.45, 7) is 5.48. The number of quaternary nitrogens is 1. The number of hydrogen-bond acceptors (Lipinski definition) is 0. The van der Waals surface area contributed by atoms with E-state index in [1.54, 1.807) is 0 Å². The molecule has 0 bridgehead atoms. The molecule has 0 N–H and O–H groups in total. The molecule has 1 aliphatic rings. The van der Waals surface area contributed by atoms with Gasteiger partial charge < -0.3 is 12.4 Å². The number of hydrogen-bond donors (Lipinski definition) is 0. The van der Waals surface area contributed by atoms with Crippen molar-refractivity contribution in [1.82, 2.24) is 0 Å². The Hall–Kier alpha value is -0.270. The van der Waals surface area contributed by atoms with E-state index < -0.39 is 0 Å². The zero-order valence-corrected chi connectivity index (χ0v) is 7.52. The fourth-order valence-electron chi connectivity index (χ4n) is 1.04. The van der Waals surface area contributed by atoms with E-state index in [0.29, 0.717) is 0 Å². The number of nitrogens with zero attached hydrogens (tertiary/aromatic N) is 1. The van der Waals surface area contributed by atoms with Crippen molar-refractivity contribution < 1.29 is 16.9 Å². The number of rotatable bonds is 1. The lowest BCUT2D eigenvalue weighted by molar-refractivity contribution is -0.802. The molecule has 1 heterocycles. The maximum absolute atomic E-state index is 2.26. The second-order valence-corrected chi connectivity index (χ2v) is 2.85. The standard InChI is InChI=1S/C8H14N.ClH/c1-4-9(3)6-5-8(2)7-9;/h5-7H,4H2,1-3H3;1H/q+1;/p-1. The molecule has 0 spiro atoms. The fourth-order valence-corrected chi connectivity index (χ4v) is 1.04. The fraction of sp³-hybridized carbons (Fsp3) is 0.500. The highest BCUT2D eigenvalue weighted by Gasteiger charge is 2.16. The van der Waals surface area contributed by atoms with Crippen molar-refractivity contribution in [2.75, 3.05) is 13.6 Å². The van der Waals surface area contributed by atoms with Gasteiger partial charge in [-0.1, -0.05) is 0 Å². The molecule has 0 saturated carbocycles. The Morgan fingerprint density at radius 2 is 2.10 bits per heavy atom. The van der Waals surface area contributed by atoms with Crippen LogP contribution in [-0.4, -0.2) is 18.1 Å². The molecule has 10 heavy (non-hydrogen) atoms. The zero-order valence-electron chi connectivity index (χ0n) is 6.76. The number of halogens is 1. The average Bonchev–Trinajstić information content (AvgIpc) is 2.13. The quantitative estimate of drug-likeness (QED) is 0.426. The predicted octanol–water partition coefficient (Wildman–Crippen LogP) is -1.11. The van der Waals surface area contributed by atoms with Gasteiger partial charge >= 0.3 is 0 Å². The topological polar surface area (TPSA) is 0 Å². The summed E-state index contributed by atoms with van der Waals surface area (Å²) in [7, 11) is 2.20. The van der Waals surface area contributed by atoms with Crippen molar-refractivity contribution >= 4 is 0 Å². The lowest BCUT2D eigenvalue weighted by Gasteiger charge is -2.20. The molecule has 0 aliphatic carbocycles. The molecule has 1 rings (SSSR count). The first-order valence-corrected chi connectivity index (χ1v) is 3.40. The van der Waals surface area contributed by atoms with Crippen LogP contribution in [0.3, 0.4) is 0 Å². The van der Waals surface area contributed by atoms with E-state index in [4.69, 9.17) is 0 Å². The molecule has 1 nitrogen and oxygen atoms in total. The lowest BCUT2D eigenvalue weighted by atomic mass is 10.4. The van der Waals surface area contributed by atoms with Gasteiger partial charge in [-0.25, -0.2) is 0 Å². The summed E-state index contributed by atoms with van der Waals surface area (Å²) in [6.07, 6.45) is 6.65. The molecule has 1 atom stereocenters. The smallest absolute Gasteiger partial charge is 0.103 e. The van der Waals surface area contributed by atoms with Gasteiger partial charge in [0.25, 0.3) is 0 Å². The van der Waals surface area contributed by atoms with Gasteiger partial charge in [0.15, 0.2) is 0 Å². The Bertz CT molecular complexity index is 172. The maximum atomic E-state index is 2.26. The van der Waals surface area contributed by atoms with Crippen LogP contribution in [-0.2, 0) is 0 Å². The highest BCUT2D eigenvalue weighted by atomic mass is 35.5. The van der Waals surface area contributed by atoms with Crippen LogP contribution in [0.5, 0.6) is 0 Å². The highest BCUT2D eigenvalue weighted by Crippen LogP contribution is 2.16. The Kier molecular flexibility index (Phi) is 3.13. The molecule has 1 unspecified atom stereocenters. The van der Waals surface area contributed by atoms with E-state index in [0.717, 1.165) is 11.0 Å². The van der Waals surface area contributed by atoms with Crippen molar-refractivity contribution in [2.45, 2.75) is 13.8 Å². The monoisotopic (exact) mass is 159 g/mol. The van der Waals surface area contributed by atoms with Gasteiger partial charge in [0.1, 0.15) is 12.4 Å². The van der Waals surface area contributed by atoms with Crippen molar-refractivity contribution in [3.05, 3.63) is 24.0 Å². The summed E-state index contributed by atoms with van der Waals surface area (Å²) in [5, 5.41) is 0. The van der Waals surface area contributed by atoms with E-state index >= 15 is 0 Å². The van der Waals surface area contributed by atoms with Crippen molar-refractivity contribution in [2.24, 2.45) is 0 Å². The van der Waals surface area contributed by atoms with E-state index in [9.17, 15) is 0 Å². The third-order valence-corrected chi connectivity index (χ3v) is 1.86. The molecule has 2 heteroatoms. The summed E-state index contributed by atoms with van der Waals surface area (Å²) >= 11 is 0. The van der Waals surface area contributed by atoms with Gasteiger partial charge in [0, 0.05) is 5.57 Å². The van der Waals surface area contributed by atoms with Gasteiger partial charge in [-0.2, -0.15) is 0 Å². The van der Waals surface area contributed by atoms with Crippen molar-refractivity contribution in [3.8, 4) is 0 Å². The van der Waals surface area contributed by atoms with Crippen LogP contribution in [0, 0.1) is 0 Å². The first kappa shape index (κ1) is 9.73. The normalized spacial score (nSPS) is 29.7. The minimum Gasteiger partial charge on any atom is -1.00 e. The Balaban J connectivity index is 0.000000810. The second kappa shape index (κ2) is 3.22. The molecule has 0 radical (unpaired) electrons. The highest BCUT2D eigenvalue weighted by molar-refractivity contribution is 5.16. The molecule has 0 amide bonds. The molecule has 0 aromatic rings. The van der Waals surface area contributed by atoms with Crippen LogP contribution in [0.25, 0.3) is 0 Å². The maximum Gasteiger partial charge on any atom is 0.103 e. The summed E-state index contributed by atoms with van der Waals surface area (Å²) in [5.74, 6) is 0. The molecule has 1 aliphatic heterocycles. The van der Waals surface area contributed by atoms with Gasteiger partial charge in [-0.05, 0) is 19.9 Å². The molecule has 58 valence electrons. The van der Waals surface area contributed by atoms with Crippen LogP contribution in [0.4, 0.5) is 0 Å². The molecular weight excluding hydrogens is 146 g/mol. The van der Waals surface area contributed by atoms with E-state index in [1.165, 1.54) is 5.57 Å². The summed E-state index contributed by atoms with van der Waals surface area (Å²) in [6, 6.07) is 0. The van der Waals surface area contributed by atoms with Gasteiger partial charge in [-0.15, -0.1) is 0 Å². The van der Waals surface area contributed by atoms with Gasteiger partial charge in [-0.3, -0.25) is 4.48 Å². The molecular formula is C8H14ClN. The van der Waals surface area contributed by atoms with Gasteiger partial charge in [0.2, 0.25) is 0 Å². The van der Waals surface area contributed by atoms with Crippen LogP contribution in [0.1, 0.15) is 13.8 Å². The Morgan fingerprint density at radius 3 is 2.30 bits per heavy atom. The summed E-state index contributed by atoms with van der Waals surface area (Å²) in [5.41, 5.74) is 1.37. The number of allylic oxidation sites excluding steroid dienone is 2. The zero-order chi connectivity index (χ0) is 6.91. The van der Waals surface area contributed by atoms with Crippen LogP contribution in [0.15, 0.2) is 24.0 Å². The minimum atomic E-state index is 0. The van der Waals surface area contributed by atoms with Crippen LogP contribution >= 0.6 is 0 Å². The first-order chi connectivity index (χ1) is 4.16. The lowest BCUT2D eigenvalue weighted by Crippen LogP contribution is -3.00. The first-order valence-electron chi connectivity index (χ1n) is 3.40. The van der Waals surface area contributed by atoms with Gasteiger partial charge in [0.05, 0.1) is 13.6 Å². The second-order valence-electron chi connectivity index (χ2n) is 2.85. The molecule has 0 aromatic carbocycles. The Morgan fingerprint density at radius 1 is 1.50 bits per heavy atom. The molecule has 0 saturated heterocycles. The molecule has 0 fully saturated rings. The van der Waals surface area contributed by atoms with Crippen molar-refractivity contribution in [1.29, 1.82) is 0 Å². The minimum absolute atomic E-state index is 0. The molecule has 0 aromatic heterocycles. The van der Waals surface area contributed by atoms with E-state index in [1.807, 2.05) is 0 Å². The van der Waals surface area contributed by atoms with Crippen molar-refractivity contribution in [3.63, 3.8) is 0 Å². The largest absolute Gasteiger partial charge is 1.00 e. The van der Waals surface area contributed by atoms with E-state index in [2.05, 4.69) is 39.4 Å². The average molecular weight is 160 g/mol. The SMILES string of the molecule is CC[N+]1(C)C=CC(C)=C1.[Cl-]. The third kappa shape index (κ3) is 1.86. The van der Waals surface area contributed by atoms with E-state index in [-0.39, 0.29) is 12.4 Å². The van der Waals surface area contributed by atoms with Crippen LogP contribution < -0.4 is 12.4 Å². The summed E-state index contributed by atoms with van der Waals surface area (Å²) in [4.78, 5) is 0. The predicted molar refractivity (Wildman–Crippen MR) is 39.6 cm³/mol. The van der Waals surface area contributed by atoms with Crippen LogP contribution in [0.2, 0.25) is 0 Å².